The van der Waals surface area contributed by atoms with E-state index in [-0.39, 0.29) is 6.61 Å². The largest absolute Gasteiger partial charge is 0.472 e. The molecule has 0 aromatic rings. The molecule has 0 aliphatic heterocycles. The van der Waals surface area contributed by atoms with Crippen molar-refractivity contribution in [1.29, 1.82) is 0 Å². The summed E-state index contributed by atoms with van der Waals surface area (Å²) in [6.07, 6.45) is 16.3. The number of quaternary nitrogens is 1. The van der Waals surface area contributed by atoms with E-state index >= 15 is 0 Å². The highest BCUT2D eigenvalue weighted by Crippen LogP contribution is 2.43. The van der Waals surface area contributed by atoms with Gasteiger partial charge in [-0.2, -0.15) is 0 Å². The minimum Gasteiger partial charge on any atom is -0.444 e. The molecule has 1 amide bonds. The summed E-state index contributed by atoms with van der Waals surface area (Å²) in [6, 6.07) is -0.985. The Morgan fingerprint density at radius 1 is 0.947 bits per heavy atom. The second-order valence-corrected chi connectivity index (χ2v) is 13.6. The van der Waals surface area contributed by atoms with Crippen molar-refractivity contribution < 1.29 is 37.6 Å². The third-order valence-electron chi connectivity index (χ3n) is 5.86. The highest BCUT2D eigenvalue weighted by atomic mass is 31.2. The molecule has 0 saturated carbocycles. The SMILES string of the molecule is CCCCCCCCCCCCC/C=C/[C@@H](O)[C@H](COP(=O)(O)OCC[N+](C)(C)C)NC(=O)OC(C)(C)C. The number of rotatable bonds is 22. The molecular formula is C28H58N2O7P+. The van der Waals surface area contributed by atoms with Crippen LogP contribution in [-0.2, 0) is 18.3 Å². The molecule has 0 saturated heterocycles. The smallest absolute Gasteiger partial charge is 0.444 e. The monoisotopic (exact) mass is 565 g/mol. The lowest BCUT2D eigenvalue weighted by Crippen LogP contribution is -2.47. The molecule has 9 nitrogen and oxygen atoms in total. The molecule has 10 heteroatoms. The second-order valence-electron chi connectivity index (χ2n) is 12.1. The normalized spacial score (nSPS) is 15.8. The van der Waals surface area contributed by atoms with Crippen molar-refractivity contribution >= 4 is 13.9 Å². The molecule has 1 unspecified atom stereocenters. The summed E-state index contributed by atoms with van der Waals surface area (Å²) in [6.45, 7) is 7.55. The van der Waals surface area contributed by atoms with E-state index < -0.39 is 38.3 Å². The molecule has 0 aromatic heterocycles. The number of carbonyl (C=O) groups is 1. The quantitative estimate of drug-likeness (QED) is 0.0607. The van der Waals surface area contributed by atoms with Crippen LogP contribution in [0.1, 0.15) is 105 Å². The van der Waals surface area contributed by atoms with E-state index in [1.807, 2.05) is 27.2 Å². The predicted octanol–water partition coefficient (Wildman–Crippen LogP) is 6.34. The van der Waals surface area contributed by atoms with Crippen molar-refractivity contribution in [3.8, 4) is 0 Å². The average molecular weight is 566 g/mol. The number of nitrogens with zero attached hydrogens (tertiary/aromatic N) is 1. The number of likely N-dealkylation sites (N-methyl/N-ethyl adjacent to an activating group) is 1. The lowest BCUT2D eigenvalue weighted by Gasteiger charge is -2.26. The number of amides is 1. The van der Waals surface area contributed by atoms with Gasteiger partial charge in [-0.25, -0.2) is 9.36 Å². The number of allylic oxidation sites excluding steroid dienone is 1. The van der Waals surface area contributed by atoms with Crippen LogP contribution in [0.3, 0.4) is 0 Å². The van der Waals surface area contributed by atoms with Gasteiger partial charge < -0.3 is 24.5 Å². The van der Waals surface area contributed by atoms with Gasteiger partial charge in [0.2, 0.25) is 0 Å². The lowest BCUT2D eigenvalue weighted by molar-refractivity contribution is -0.870. The number of phosphoric ester groups is 1. The molecule has 0 heterocycles. The third-order valence-corrected chi connectivity index (χ3v) is 6.84. The first kappa shape index (κ1) is 37.0. The fourth-order valence-electron chi connectivity index (χ4n) is 3.62. The highest BCUT2D eigenvalue weighted by molar-refractivity contribution is 7.47. The highest BCUT2D eigenvalue weighted by Gasteiger charge is 2.29. The average Bonchev–Trinajstić information content (AvgIpc) is 2.77. The molecule has 0 aromatic carbocycles. The zero-order valence-electron chi connectivity index (χ0n) is 25.2. The van der Waals surface area contributed by atoms with Crippen LogP contribution in [-0.4, -0.2) is 79.2 Å². The van der Waals surface area contributed by atoms with Crippen molar-refractivity contribution in [2.45, 2.75) is 122 Å². The summed E-state index contributed by atoms with van der Waals surface area (Å²) in [5, 5.41) is 13.2. The molecule has 0 radical (unpaired) electrons. The van der Waals surface area contributed by atoms with E-state index in [4.69, 9.17) is 13.8 Å². The summed E-state index contributed by atoms with van der Waals surface area (Å²) in [5.41, 5.74) is -0.730. The summed E-state index contributed by atoms with van der Waals surface area (Å²) in [5.74, 6) is 0. The van der Waals surface area contributed by atoms with Crippen LogP contribution in [0.4, 0.5) is 4.79 Å². The Balaban J connectivity index is 4.56. The fourth-order valence-corrected chi connectivity index (χ4v) is 4.36. The van der Waals surface area contributed by atoms with Gasteiger partial charge in [0.05, 0.1) is 39.9 Å². The zero-order valence-corrected chi connectivity index (χ0v) is 26.1. The van der Waals surface area contributed by atoms with E-state index in [2.05, 4.69) is 12.2 Å². The molecule has 0 aliphatic carbocycles. The van der Waals surface area contributed by atoms with Crippen LogP contribution < -0.4 is 5.32 Å². The number of unbranched alkanes of at least 4 members (excludes halogenated alkanes) is 11. The minimum absolute atomic E-state index is 0.0306. The van der Waals surface area contributed by atoms with Gasteiger partial charge in [-0.3, -0.25) is 9.05 Å². The number of ether oxygens (including phenoxy) is 1. The van der Waals surface area contributed by atoms with Crippen molar-refractivity contribution in [2.24, 2.45) is 0 Å². The molecule has 3 atom stereocenters. The number of carbonyl (C=O) groups excluding carboxylic acids is 1. The van der Waals surface area contributed by atoms with Gasteiger partial charge in [0.15, 0.2) is 0 Å². The van der Waals surface area contributed by atoms with Crippen molar-refractivity contribution in [3.63, 3.8) is 0 Å². The van der Waals surface area contributed by atoms with Crippen molar-refractivity contribution in [1.82, 2.24) is 5.32 Å². The van der Waals surface area contributed by atoms with Crippen LogP contribution >= 0.6 is 7.82 Å². The Hall–Kier alpha value is -0.960. The van der Waals surface area contributed by atoms with Gasteiger partial charge in [0.25, 0.3) is 0 Å². The first-order valence-corrected chi connectivity index (χ1v) is 15.9. The van der Waals surface area contributed by atoms with E-state index in [0.717, 1.165) is 19.3 Å². The van der Waals surface area contributed by atoms with Gasteiger partial charge >= 0.3 is 13.9 Å². The number of hydrogen-bond donors (Lipinski definition) is 3. The zero-order chi connectivity index (χ0) is 29.1. The molecule has 226 valence electrons. The number of aliphatic hydroxyl groups excluding tert-OH is 1. The minimum atomic E-state index is -4.35. The van der Waals surface area contributed by atoms with Gasteiger partial charge in [0, 0.05) is 0 Å². The van der Waals surface area contributed by atoms with E-state index in [1.54, 1.807) is 26.8 Å². The van der Waals surface area contributed by atoms with Crippen LogP contribution in [0, 0.1) is 0 Å². The Labute approximate surface area is 232 Å². The summed E-state index contributed by atoms with van der Waals surface area (Å²) >= 11 is 0. The number of phosphoric acid groups is 1. The van der Waals surface area contributed by atoms with Gasteiger partial charge in [-0.1, -0.05) is 83.3 Å². The molecular weight excluding hydrogens is 507 g/mol. The van der Waals surface area contributed by atoms with Gasteiger partial charge in [-0.05, 0) is 33.6 Å². The Morgan fingerprint density at radius 3 is 1.97 bits per heavy atom. The first-order valence-electron chi connectivity index (χ1n) is 14.4. The van der Waals surface area contributed by atoms with Crippen molar-refractivity contribution in [3.05, 3.63) is 12.2 Å². The summed E-state index contributed by atoms with van der Waals surface area (Å²) in [4.78, 5) is 22.3. The molecule has 0 rings (SSSR count). The Morgan fingerprint density at radius 2 is 1.47 bits per heavy atom. The van der Waals surface area contributed by atoms with Crippen LogP contribution in [0.15, 0.2) is 12.2 Å². The van der Waals surface area contributed by atoms with E-state index in [9.17, 15) is 19.4 Å². The predicted molar refractivity (Wildman–Crippen MR) is 154 cm³/mol. The molecule has 0 fully saturated rings. The van der Waals surface area contributed by atoms with Crippen molar-refractivity contribution in [2.75, 3.05) is 40.9 Å². The molecule has 0 bridgehead atoms. The van der Waals surface area contributed by atoms with Crippen LogP contribution in [0.25, 0.3) is 0 Å². The molecule has 0 spiro atoms. The first-order chi connectivity index (χ1) is 17.7. The fraction of sp³-hybridized carbons (Fsp3) is 0.893. The Kier molecular flexibility index (Phi) is 19.5. The molecule has 3 N–H and O–H groups in total. The summed E-state index contributed by atoms with van der Waals surface area (Å²) < 4.78 is 28.2. The maximum Gasteiger partial charge on any atom is 0.472 e. The number of nitrogens with one attached hydrogen (secondary N) is 1. The van der Waals surface area contributed by atoms with Gasteiger partial charge in [-0.15, -0.1) is 0 Å². The number of hydrogen-bond acceptors (Lipinski definition) is 6. The Bertz CT molecular complexity index is 690. The lowest BCUT2D eigenvalue weighted by atomic mass is 10.0. The van der Waals surface area contributed by atoms with Gasteiger partial charge in [0.1, 0.15) is 18.8 Å². The maximum atomic E-state index is 12.3. The van der Waals surface area contributed by atoms with E-state index in [0.29, 0.717) is 11.0 Å². The molecule has 38 heavy (non-hydrogen) atoms. The number of alkyl carbamates (subject to hydrolysis) is 1. The maximum absolute atomic E-state index is 12.3. The molecule has 0 aliphatic rings. The summed E-state index contributed by atoms with van der Waals surface area (Å²) in [7, 11) is 1.46. The van der Waals surface area contributed by atoms with E-state index in [1.165, 1.54) is 57.8 Å². The topological polar surface area (TPSA) is 114 Å². The standard InChI is InChI=1S/C28H57N2O7P/c1-8-9-10-11-12-13-14-15-16-17-18-19-20-21-26(31)25(29-27(32)37-28(2,3)4)24-36-38(33,34)35-23-22-30(5,6)7/h20-21,25-26,31H,8-19,22-24H2,1-7H3,(H-,29,32,33,34)/p+1/b21-20+/t25-,26+/m0/s1. The number of aliphatic hydroxyl groups is 1. The second kappa shape index (κ2) is 20.0. The van der Waals surface area contributed by atoms with Crippen LogP contribution in [0.2, 0.25) is 0 Å². The third kappa shape index (κ3) is 24.1. The van der Waals surface area contributed by atoms with Crippen LogP contribution in [0.5, 0.6) is 0 Å².